The van der Waals surface area contributed by atoms with Gasteiger partial charge in [0.15, 0.2) is 6.10 Å². The first-order valence-corrected chi connectivity index (χ1v) is 11.7. The zero-order chi connectivity index (χ0) is 20.7. The van der Waals surface area contributed by atoms with Crippen molar-refractivity contribution in [1.82, 2.24) is 0 Å². The SMILES string of the molecule is CC[C@@H](Oc1ccccc1Cl)C(=O)Nc1ccc(C23CC4CC(CC(C4)C2)C3)cc1. The molecule has 0 spiro atoms. The van der Waals surface area contributed by atoms with Gasteiger partial charge in [-0.25, -0.2) is 0 Å². The lowest BCUT2D eigenvalue weighted by Crippen LogP contribution is -2.48. The van der Waals surface area contributed by atoms with Gasteiger partial charge in [0.25, 0.3) is 5.91 Å². The van der Waals surface area contributed by atoms with Gasteiger partial charge in [-0.2, -0.15) is 0 Å². The molecule has 30 heavy (non-hydrogen) atoms. The van der Waals surface area contributed by atoms with Crippen LogP contribution in [-0.2, 0) is 10.2 Å². The zero-order valence-corrected chi connectivity index (χ0v) is 18.3. The van der Waals surface area contributed by atoms with Crippen LogP contribution >= 0.6 is 11.6 Å². The van der Waals surface area contributed by atoms with Crippen molar-refractivity contribution in [2.45, 2.75) is 63.4 Å². The summed E-state index contributed by atoms with van der Waals surface area (Å²) < 4.78 is 5.87. The Bertz CT molecular complexity index is 888. The largest absolute Gasteiger partial charge is 0.479 e. The standard InChI is InChI=1S/C26H30ClNO2/c1-2-23(30-24-6-4-3-5-22(24)27)25(29)28-21-9-7-20(8-10-21)26-14-17-11-18(15-26)13-19(12-17)16-26/h3-10,17-19,23H,2,11-16H2,1H3,(H,28,29)/t17?,18?,19?,23-,26?/m1/s1. The lowest BCUT2D eigenvalue weighted by atomic mass is 9.48. The highest BCUT2D eigenvalue weighted by Crippen LogP contribution is 2.60. The minimum atomic E-state index is -0.576. The van der Waals surface area contributed by atoms with Crippen molar-refractivity contribution >= 4 is 23.2 Å². The third-order valence-electron chi connectivity index (χ3n) is 7.57. The molecule has 0 aliphatic heterocycles. The predicted molar refractivity (Wildman–Crippen MR) is 121 cm³/mol. The van der Waals surface area contributed by atoms with Crippen LogP contribution in [0, 0.1) is 17.8 Å². The van der Waals surface area contributed by atoms with Crippen molar-refractivity contribution in [3.8, 4) is 5.75 Å². The second-order valence-electron chi connectivity index (χ2n) is 9.71. The van der Waals surface area contributed by atoms with E-state index < -0.39 is 6.10 Å². The number of halogens is 1. The van der Waals surface area contributed by atoms with Crippen molar-refractivity contribution in [3.63, 3.8) is 0 Å². The van der Waals surface area contributed by atoms with Gasteiger partial charge in [0.2, 0.25) is 0 Å². The number of para-hydroxylation sites is 1. The highest BCUT2D eigenvalue weighted by atomic mass is 35.5. The van der Waals surface area contributed by atoms with Crippen LogP contribution in [0.1, 0.15) is 57.4 Å². The summed E-state index contributed by atoms with van der Waals surface area (Å²) in [4.78, 5) is 12.8. The number of ether oxygens (including phenoxy) is 1. The maximum Gasteiger partial charge on any atom is 0.265 e. The smallest absolute Gasteiger partial charge is 0.265 e. The van der Waals surface area contributed by atoms with Crippen LogP contribution in [0.3, 0.4) is 0 Å². The van der Waals surface area contributed by atoms with Crippen molar-refractivity contribution in [2.24, 2.45) is 17.8 Å². The first-order valence-electron chi connectivity index (χ1n) is 11.4. The van der Waals surface area contributed by atoms with E-state index in [9.17, 15) is 4.79 Å². The predicted octanol–water partition coefficient (Wildman–Crippen LogP) is 6.60. The molecule has 1 amide bonds. The summed E-state index contributed by atoms with van der Waals surface area (Å²) in [6.07, 6.45) is 8.43. The highest BCUT2D eigenvalue weighted by Gasteiger charge is 2.51. The molecule has 4 bridgehead atoms. The number of rotatable bonds is 6. The van der Waals surface area contributed by atoms with Crippen molar-refractivity contribution in [1.29, 1.82) is 0 Å². The molecule has 0 saturated heterocycles. The van der Waals surface area contributed by atoms with Crippen molar-refractivity contribution < 1.29 is 9.53 Å². The molecule has 3 nitrogen and oxygen atoms in total. The van der Waals surface area contributed by atoms with Crippen LogP contribution in [0.5, 0.6) is 5.75 Å². The fourth-order valence-corrected chi connectivity index (χ4v) is 6.79. The monoisotopic (exact) mass is 423 g/mol. The summed E-state index contributed by atoms with van der Waals surface area (Å²) in [5, 5.41) is 3.54. The Labute approximate surface area is 184 Å². The molecule has 158 valence electrons. The first-order chi connectivity index (χ1) is 14.5. The molecule has 0 radical (unpaired) electrons. The third-order valence-corrected chi connectivity index (χ3v) is 7.88. The van der Waals surface area contributed by atoms with E-state index in [1.54, 1.807) is 12.1 Å². The number of carbonyl (C=O) groups excluding carboxylic acids is 1. The van der Waals surface area contributed by atoms with E-state index in [2.05, 4.69) is 29.6 Å². The van der Waals surface area contributed by atoms with E-state index in [0.29, 0.717) is 22.6 Å². The van der Waals surface area contributed by atoms with Crippen LogP contribution in [0.2, 0.25) is 5.02 Å². The molecular formula is C26H30ClNO2. The summed E-state index contributed by atoms with van der Waals surface area (Å²) in [5.74, 6) is 3.20. The molecule has 1 N–H and O–H groups in total. The summed E-state index contributed by atoms with van der Waals surface area (Å²) in [6.45, 7) is 1.94. The van der Waals surface area contributed by atoms with Gasteiger partial charge in [-0.1, -0.05) is 42.8 Å². The fourth-order valence-electron chi connectivity index (χ4n) is 6.61. The van der Waals surface area contributed by atoms with E-state index in [1.807, 2.05) is 19.1 Å². The second kappa shape index (κ2) is 7.92. The lowest BCUT2D eigenvalue weighted by molar-refractivity contribution is -0.122. The molecule has 2 aromatic rings. The van der Waals surface area contributed by atoms with Gasteiger partial charge in [0.05, 0.1) is 5.02 Å². The number of carbonyl (C=O) groups is 1. The minimum Gasteiger partial charge on any atom is -0.479 e. The second-order valence-corrected chi connectivity index (χ2v) is 10.1. The van der Waals surface area contributed by atoms with Gasteiger partial charge in [-0.3, -0.25) is 4.79 Å². The first kappa shape index (κ1) is 19.9. The molecule has 2 aromatic carbocycles. The molecule has 4 saturated carbocycles. The Hall–Kier alpha value is -2.00. The van der Waals surface area contributed by atoms with Gasteiger partial charge in [-0.05, 0) is 97.9 Å². The van der Waals surface area contributed by atoms with Gasteiger partial charge >= 0.3 is 0 Å². The topological polar surface area (TPSA) is 38.3 Å². The third kappa shape index (κ3) is 3.73. The van der Waals surface area contributed by atoms with Gasteiger partial charge in [-0.15, -0.1) is 0 Å². The van der Waals surface area contributed by atoms with E-state index in [0.717, 1.165) is 23.4 Å². The number of benzene rings is 2. The number of nitrogens with one attached hydrogen (secondary N) is 1. The van der Waals surface area contributed by atoms with E-state index in [1.165, 1.54) is 44.1 Å². The van der Waals surface area contributed by atoms with Crippen LogP contribution in [0.4, 0.5) is 5.69 Å². The van der Waals surface area contributed by atoms with Crippen LogP contribution < -0.4 is 10.1 Å². The molecular weight excluding hydrogens is 394 g/mol. The fraction of sp³-hybridized carbons (Fsp3) is 0.500. The number of hydrogen-bond donors (Lipinski definition) is 1. The molecule has 4 fully saturated rings. The molecule has 4 aliphatic carbocycles. The average molecular weight is 424 g/mol. The Morgan fingerprint density at radius 3 is 2.20 bits per heavy atom. The van der Waals surface area contributed by atoms with Crippen LogP contribution in [0.15, 0.2) is 48.5 Å². The number of hydrogen-bond acceptors (Lipinski definition) is 2. The van der Waals surface area contributed by atoms with Crippen LogP contribution in [-0.4, -0.2) is 12.0 Å². The summed E-state index contributed by atoms with van der Waals surface area (Å²) in [7, 11) is 0. The molecule has 4 aliphatic rings. The minimum absolute atomic E-state index is 0.139. The maximum absolute atomic E-state index is 12.8. The molecule has 1 atom stereocenters. The van der Waals surface area contributed by atoms with E-state index >= 15 is 0 Å². The van der Waals surface area contributed by atoms with Crippen molar-refractivity contribution in [3.05, 3.63) is 59.1 Å². The molecule has 0 aromatic heterocycles. The van der Waals surface area contributed by atoms with E-state index in [4.69, 9.17) is 16.3 Å². The Kier molecular flexibility index (Phi) is 5.26. The molecule has 4 heteroatoms. The highest BCUT2D eigenvalue weighted by molar-refractivity contribution is 6.32. The summed E-state index contributed by atoms with van der Waals surface area (Å²) in [5.41, 5.74) is 2.69. The van der Waals surface area contributed by atoms with Gasteiger partial charge in [0.1, 0.15) is 5.75 Å². The van der Waals surface area contributed by atoms with Gasteiger partial charge in [0, 0.05) is 5.69 Å². The Morgan fingerprint density at radius 2 is 1.63 bits per heavy atom. The zero-order valence-electron chi connectivity index (χ0n) is 17.6. The quantitative estimate of drug-likeness (QED) is 0.568. The molecule has 0 unspecified atom stereocenters. The van der Waals surface area contributed by atoms with Crippen LogP contribution in [0.25, 0.3) is 0 Å². The van der Waals surface area contributed by atoms with Crippen molar-refractivity contribution in [2.75, 3.05) is 5.32 Å². The number of anilines is 1. The van der Waals surface area contributed by atoms with Gasteiger partial charge < -0.3 is 10.1 Å². The normalized spacial score (nSPS) is 30.1. The summed E-state index contributed by atoms with van der Waals surface area (Å²) in [6, 6.07) is 15.9. The van der Waals surface area contributed by atoms with E-state index in [-0.39, 0.29) is 5.91 Å². The Balaban J connectivity index is 1.27. The summed E-state index contributed by atoms with van der Waals surface area (Å²) >= 11 is 6.18. The number of amides is 1. The molecule has 6 rings (SSSR count). The maximum atomic E-state index is 12.8. The lowest BCUT2D eigenvalue weighted by Gasteiger charge is -2.57. The average Bonchev–Trinajstić information content (AvgIpc) is 2.72. The molecule has 0 heterocycles. The Morgan fingerprint density at radius 1 is 1.03 bits per heavy atom.